The minimum atomic E-state index is 0.829. The van der Waals surface area contributed by atoms with Crippen LogP contribution in [0.5, 0.6) is 0 Å². The van der Waals surface area contributed by atoms with E-state index in [-0.39, 0.29) is 0 Å². The Morgan fingerprint density at radius 3 is 2.86 bits per heavy atom. The molecular weight excluding hydrogens is 86.1 g/mol. The lowest BCUT2D eigenvalue weighted by Gasteiger charge is -1.98. The molecule has 1 saturated heterocycles. The monoisotopic (exact) mass is 95.1 g/mol. The SMILES string of the molecule is C1=C2CCC(C1)N2. The normalized spacial score (nSPS) is 35.4. The van der Waals surface area contributed by atoms with Crippen LogP contribution in [0, 0.1) is 0 Å². The summed E-state index contributed by atoms with van der Waals surface area (Å²) in [6.07, 6.45) is 6.29. The Morgan fingerprint density at radius 1 is 1.71 bits per heavy atom. The van der Waals surface area contributed by atoms with Crippen LogP contribution in [0.3, 0.4) is 0 Å². The van der Waals surface area contributed by atoms with Crippen molar-refractivity contribution in [3.63, 3.8) is 0 Å². The Hall–Kier alpha value is -0.460. The summed E-state index contributed by atoms with van der Waals surface area (Å²) >= 11 is 0. The van der Waals surface area contributed by atoms with E-state index in [2.05, 4.69) is 11.4 Å². The molecule has 2 aliphatic heterocycles. The van der Waals surface area contributed by atoms with Gasteiger partial charge in [-0.25, -0.2) is 0 Å². The molecular formula is C6H9N. The Morgan fingerprint density at radius 2 is 2.71 bits per heavy atom. The average Bonchev–Trinajstić information content (AvgIpc) is 2.22. The van der Waals surface area contributed by atoms with Gasteiger partial charge in [-0.2, -0.15) is 0 Å². The topological polar surface area (TPSA) is 12.0 Å². The summed E-state index contributed by atoms with van der Waals surface area (Å²) in [6, 6.07) is 0.829. The fraction of sp³-hybridized carbons (Fsp3) is 0.667. The van der Waals surface area contributed by atoms with Crippen molar-refractivity contribution in [2.24, 2.45) is 0 Å². The van der Waals surface area contributed by atoms with E-state index in [0.29, 0.717) is 0 Å². The van der Waals surface area contributed by atoms with Crippen LogP contribution in [-0.4, -0.2) is 6.04 Å². The van der Waals surface area contributed by atoms with Gasteiger partial charge in [-0.15, -0.1) is 0 Å². The zero-order valence-corrected chi connectivity index (χ0v) is 4.28. The van der Waals surface area contributed by atoms with Gasteiger partial charge in [-0.1, -0.05) is 6.08 Å². The van der Waals surface area contributed by atoms with E-state index in [0.717, 1.165) is 6.04 Å². The molecule has 0 aliphatic carbocycles. The zero-order valence-electron chi connectivity index (χ0n) is 4.28. The average molecular weight is 95.1 g/mol. The third kappa shape index (κ3) is 0.379. The molecule has 1 N–H and O–H groups in total. The molecule has 0 aromatic carbocycles. The molecule has 38 valence electrons. The molecule has 1 nitrogen and oxygen atoms in total. The Labute approximate surface area is 43.4 Å². The first-order valence-electron chi connectivity index (χ1n) is 2.91. The van der Waals surface area contributed by atoms with E-state index >= 15 is 0 Å². The van der Waals surface area contributed by atoms with Crippen LogP contribution >= 0.6 is 0 Å². The van der Waals surface area contributed by atoms with Gasteiger partial charge in [0.25, 0.3) is 0 Å². The number of fused-ring (bicyclic) bond motifs is 2. The van der Waals surface area contributed by atoms with Crippen LogP contribution in [0.15, 0.2) is 11.8 Å². The molecule has 0 saturated carbocycles. The number of hydrogen-bond acceptors (Lipinski definition) is 1. The van der Waals surface area contributed by atoms with Gasteiger partial charge in [-0.05, 0) is 19.3 Å². The molecule has 1 fully saturated rings. The predicted molar refractivity (Wildman–Crippen MR) is 28.9 cm³/mol. The van der Waals surface area contributed by atoms with E-state index in [1.54, 1.807) is 0 Å². The summed E-state index contributed by atoms with van der Waals surface area (Å²) in [5, 5.41) is 3.39. The minimum Gasteiger partial charge on any atom is -0.386 e. The summed E-state index contributed by atoms with van der Waals surface area (Å²) in [7, 11) is 0. The smallest absolute Gasteiger partial charge is 0.0297 e. The fourth-order valence-electron chi connectivity index (χ4n) is 1.36. The molecule has 0 radical (unpaired) electrons. The summed E-state index contributed by atoms with van der Waals surface area (Å²) in [5.41, 5.74) is 1.49. The molecule has 1 atom stereocenters. The van der Waals surface area contributed by atoms with Gasteiger partial charge in [0.05, 0.1) is 0 Å². The molecule has 2 rings (SSSR count). The van der Waals surface area contributed by atoms with Crippen molar-refractivity contribution in [1.82, 2.24) is 5.32 Å². The van der Waals surface area contributed by atoms with Crippen molar-refractivity contribution < 1.29 is 0 Å². The first-order chi connectivity index (χ1) is 3.45. The first-order valence-corrected chi connectivity index (χ1v) is 2.91. The van der Waals surface area contributed by atoms with E-state index in [9.17, 15) is 0 Å². The van der Waals surface area contributed by atoms with E-state index in [1.807, 2.05) is 0 Å². The largest absolute Gasteiger partial charge is 0.386 e. The second-order valence-corrected chi connectivity index (χ2v) is 2.35. The van der Waals surface area contributed by atoms with Gasteiger partial charge >= 0.3 is 0 Å². The quantitative estimate of drug-likeness (QED) is 0.473. The molecule has 7 heavy (non-hydrogen) atoms. The molecule has 1 unspecified atom stereocenters. The third-order valence-corrected chi connectivity index (χ3v) is 1.80. The maximum Gasteiger partial charge on any atom is 0.0297 e. The molecule has 2 heterocycles. The standard InChI is InChI=1S/C6H9N/c1-2-6-4-3-5(1)7-6/h1,6-7H,2-4H2. The van der Waals surface area contributed by atoms with Crippen molar-refractivity contribution in [2.75, 3.05) is 0 Å². The summed E-state index contributed by atoms with van der Waals surface area (Å²) in [4.78, 5) is 0. The zero-order chi connectivity index (χ0) is 4.69. The van der Waals surface area contributed by atoms with Crippen molar-refractivity contribution >= 4 is 0 Å². The fourth-order valence-corrected chi connectivity index (χ4v) is 1.36. The predicted octanol–water partition coefficient (Wildman–Crippen LogP) is 1.03. The second-order valence-electron chi connectivity index (χ2n) is 2.35. The third-order valence-electron chi connectivity index (χ3n) is 1.80. The molecule has 0 aromatic rings. The highest BCUT2D eigenvalue weighted by atomic mass is 15.0. The summed E-state index contributed by atoms with van der Waals surface area (Å²) in [6.45, 7) is 0. The highest BCUT2D eigenvalue weighted by Crippen LogP contribution is 2.24. The Kier molecular flexibility index (Phi) is 0.518. The van der Waals surface area contributed by atoms with Gasteiger partial charge in [-0.3, -0.25) is 0 Å². The maximum absolute atomic E-state index is 3.39. The Bertz CT molecular complexity index is 115. The number of hydrogen-bond donors (Lipinski definition) is 1. The number of nitrogens with one attached hydrogen (secondary N) is 1. The van der Waals surface area contributed by atoms with Gasteiger partial charge in [0.1, 0.15) is 0 Å². The van der Waals surface area contributed by atoms with Crippen LogP contribution < -0.4 is 5.32 Å². The van der Waals surface area contributed by atoms with Gasteiger partial charge in [0.2, 0.25) is 0 Å². The Balaban J connectivity index is 2.30. The van der Waals surface area contributed by atoms with E-state index < -0.39 is 0 Å². The lowest BCUT2D eigenvalue weighted by Crippen LogP contribution is -2.12. The molecule has 1 heteroatoms. The lowest BCUT2D eigenvalue weighted by atomic mass is 10.1. The van der Waals surface area contributed by atoms with Crippen LogP contribution in [-0.2, 0) is 0 Å². The lowest BCUT2D eigenvalue weighted by molar-refractivity contribution is 0.648. The van der Waals surface area contributed by atoms with Gasteiger partial charge < -0.3 is 5.32 Å². The molecule has 2 aliphatic rings. The minimum absolute atomic E-state index is 0.829. The van der Waals surface area contributed by atoms with Crippen molar-refractivity contribution in [3.8, 4) is 0 Å². The van der Waals surface area contributed by atoms with Crippen LogP contribution in [0.25, 0.3) is 0 Å². The highest BCUT2D eigenvalue weighted by molar-refractivity contribution is 5.15. The van der Waals surface area contributed by atoms with Crippen molar-refractivity contribution in [1.29, 1.82) is 0 Å². The molecule has 0 spiro atoms. The van der Waals surface area contributed by atoms with Crippen molar-refractivity contribution in [3.05, 3.63) is 11.8 Å². The molecule has 0 aromatic heterocycles. The highest BCUT2D eigenvalue weighted by Gasteiger charge is 2.21. The van der Waals surface area contributed by atoms with Crippen LogP contribution in [0.4, 0.5) is 0 Å². The summed E-state index contributed by atoms with van der Waals surface area (Å²) < 4.78 is 0. The number of rotatable bonds is 0. The van der Waals surface area contributed by atoms with Crippen LogP contribution in [0.1, 0.15) is 19.3 Å². The van der Waals surface area contributed by atoms with E-state index in [4.69, 9.17) is 0 Å². The number of allylic oxidation sites excluding steroid dienone is 1. The van der Waals surface area contributed by atoms with E-state index in [1.165, 1.54) is 25.0 Å². The second kappa shape index (κ2) is 1.03. The van der Waals surface area contributed by atoms with Gasteiger partial charge in [0.15, 0.2) is 0 Å². The first kappa shape index (κ1) is 3.53. The molecule has 2 bridgehead atoms. The van der Waals surface area contributed by atoms with Gasteiger partial charge in [0, 0.05) is 11.7 Å². The summed E-state index contributed by atoms with van der Waals surface area (Å²) in [5.74, 6) is 0. The van der Waals surface area contributed by atoms with Crippen LogP contribution in [0.2, 0.25) is 0 Å². The molecule has 0 amide bonds. The van der Waals surface area contributed by atoms with Crippen molar-refractivity contribution in [2.45, 2.75) is 25.3 Å². The maximum atomic E-state index is 3.39.